The van der Waals surface area contributed by atoms with E-state index < -0.39 is 0 Å². The molecular weight excluding hydrogens is 386 g/mol. The summed E-state index contributed by atoms with van der Waals surface area (Å²) in [7, 11) is 0. The van der Waals surface area contributed by atoms with Crippen LogP contribution in [0.5, 0.6) is 0 Å². The number of aromatic nitrogens is 4. The summed E-state index contributed by atoms with van der Waals surface area (Å²) in [5.41, 5.74) is 5.29. The van der Waals surface area contributed by atoms with E-state index in [4.69, 9.17) is 0 Å². The Bertz CT molecular complexity index is 1150. The molecule has 0 amide bonds. The highest BCUT2D eigenvalue weighted by atomic mass is 16.1. The summed E-state index contributed by atoms with van der Waals surface area (Å²) in [5, 5.41) is 11.9. The van der Waals surface area contributed by atoms with E-state index in [-0.39, 0.29) is 5.78 Å². The van der Waals surface area contributed by atoms with Gasteiger partial charge in [0.05, 0.1) is 17.6 Å². The van der Waals surface area contributed by atoms with Crippen molar-refractivity contribution in [1.82, 2.24) is 20.0 Å². The van der Waals surface area contributed by atoms with Crippen LogP contribution in [0.3, 0.4) is 0 Å². The number of rotatable bonds is 8. The first-order valence-corrected chi connectivity index (χ1v) is 10.4. The second-order valence-corrected chi connectivity index (χ2v) is 7.94. The molecule has 0 unspecified atom stereocenters. The van der Waals surface area contributed by atoms with Crippen LogP contribution in [0.1, 0.15) is 35.6 Å². The molecule has 156 valence electrons. The Kier molecular flexibility index (Phi) is 6.17. The third-order valence-electron chi connectivity index (χ3n) is 4.83. The number of benzene rings is 2. The van der Waals surface area contributed by atoms with Gasteiger partial charge in [-0.1, -0.05) is 43.3 Å². The van der Waals surface area contributed by atoms with Gasteiger partial charge in [-0.05, 0) is 60.4 Å². The Morgan fingerprint density at radius 3 is 2.58 bits per heavy atom. The molecule has 1 N–H and O–H groups in total. The fourth-order valence-electron chi connectivity index (χ4n) is 3.34. The van der Waals surface area contributed by atoms with Gasteiger partial charge < -0.3 is 5.32 Å². The predicted octanol–water partition coefficient (Wildman–Crippen LogP) is 5.03. The predicted molar refractivity (Wildman–Crippen MR) is 122 cm³/mol. The highest BCUT2D eigenvalue weighted by molar-refractivity contribution is 5.95. The number of carbonyl (C=O) groups excluding carboxylic acids is 1. The fraction of sp³-hybridized carbons (Fsp3) is 0.200. The zero-order valence-electron chi connectivity index (χ0n) is 17.7. The monoisotopic (exact) mass is 411 g/mol. The summed E-state index contributed by atoms with van der Waals surface area (Å²) in [6.45, 7) is 4.34. The van der Waals surface area contributed by atoms with Crippen LogP contribution < -0.4 is 5.32 Å². The van der Waals surface area contributed by atoms with E-state index in [9.17, 15) is 4.79 Å². The van der Waals surface area contributed by atoms with Crippen molar-refractivity contribution in [2.45, 2.75) is 26.7 Å². The first kappa shape index (κ1) is 20.5. The van der Waals surface area contributed by atoms with Crippen LogP contribution >= 0.6 is 0 Å². The van der Waals surface area contributed by atoms with Gasteiger partial charge >= 0.3 is 0 Å². The average molecular weight is 412 g/mol. The molecule has 2 aromatic carbocycles. The van der Waals surface area contributed by atoms with Gasteiger partial charge in [0.25, 0.3) is 0 Å². The molecule has 4 rings (SSSR count). The van der Waals surface area contributed by atoms with Crippen LogP contribution in [0.15, 0.2) is 79.1 Å². The Labute approximate surface area is 182 Å². The lowest BCUT2D eigenvalue weighted by molar-refractivity contribution is 0.0988. The molecule has 31 heavy (non-hydrogen) atoms. The quantitative estimate of drug-likeness (QED) is 0.412. The number of nitrogens with zero attached hydrogens (tertiary/aromatic N) is 4. The lowest BCUT2D eigenvalue weighted by atomic mass is 10.1. The molecule has 0 radical (unpaired) electrons. The lowest BCUT2D eigenvalue weighted by Gasteiger charge is -2.09. The number of Topliss-reactive ketones (excluding diaryl/α,β-unsaturated/α-hetero) is 1. The molecule has 0 spiro atoms. The first-order valence-electron chi connectivity index (χ1n) is 10.4. The minimum Gasteiger partial charge on any atom is -0.355 e. The standard InChI is InChI=1S/C25H25N5O/c1-18(2)14-22-17-30(29-28-22)23-7-5-6-21(16-23)27-20-11-9-19(10-12-20)15-25(31)24-8-3-4-13-26-24/h3-13,16-18,27H,14-15H2,1-2H3. The van der Waals surface area contributed by atoms with Crippen molar-refractivity contribution in [1.29, 1.82) is 0 Å². The number of carbonyl (C=O) groups is 1. The van der Waals surface area contributed by atoms with Crippen LogP contribution in [0.4, 0.5) is 11.4 Å². The zero-order valence-corrected chi connectivity index (χ0v) is 17.7. The lowest BCUT2D eigenvalue weighted by Crippen LogP contribution is -2.05. The molecule has 6 heteroatoms. The average Bonchev–Trinajstić information content (AvgIpc) is 3.24. The Hall–Kier alpha value is -3.80. The molecule has 6 nitrogen and oxygen atoms in total. The van der Waals surface area contributed by atoms with Crippen molar-refractivity contribution in [3.8, 4) is 5.69 Å². The minimum absolute atomic E-state index is 0.0127. The van der Waals surface area contributed by atoms with E-state index >= 15 is 0 Å². The number of hydrogen-bond acceptors (Lipinski definition) is 5. The molecule has 0 aliphatic carbocycles. The maximum absolute atomic E-state index is 12.3. The van der Waals surface area contributed by atoms with Crippen molar-refractivity contribution >= 4 is 17.2 Å². The summed E-state index contributed by atoms with van der Waals surface area (Å²) in [6.07, 6.45) is 4.86. The van der Waals surface area contributed by atoms with Gasteiger partial charge in [-0.15, -0.1) is 5.10 Å². The SMILES string of the molecule is CC(C)Cc1cn(-c2cccc(Nc3ccc(CC(=O)c4ccccn4)cc3)c2)nn1. The van der Waals surface area contributed by atoms with Crippen LogP contribution in [0.2, 0.25) is 0 Å². The van der Waals surface area contributed by atoms with Crippen LogP contribution in [0, 0.1) is 5.92 Å². The van der Waals surface area contributed by atoms with Crippen molar-refractivity contribution in [3.05, 3.63) is 96.1 Å². The topological polar surface area (TPSA) is 72.7 Å². The Morgan fingerprint density at radius 2 is 1.84 bits per heavy atom. The summed E-state index contributed by atoms with van der Waals surface area (Å²) in [6, 6.07) is 21.3. The van der Waals surface area contributed by atoms with Gasteiger partial charge in [-0.25, -0.2) is 4.68 Å². The van der Waals surface area contributed by atoms with Gasteiger partial charge in [-0.3, -0.25) is 9.78 Å². The van der Waals surface area contributed by atoms with Crippen molar-refractivity contribution in [3.63, 3.8) is 0 Å². The smallest absolute Gasteiger partial charge is 0.185 e. The number of nitrogens with one attached hydrogen (secondary N) is 1. The Morgan fingerprint density at radius 1 is 1.00 bits per heavy atom. The van der Waals surface area contributed by atoms with E-state index in [1.165, 1.54) is 0 Å². The molecule has 0 atom stereocenters. The second kappa shape index (κ2) is 9.34. The molecule has 0 saturated carbocycles. The van der Waals surface area contributed by atoms with Crippen LogP contribution in [-0.4, -0.2) is 25.8 Å². The number of ketones is 1. The van der Waals surface area contributed by atoms with Crippen LogP contribution in [-0.2, 0) is 12.8 Å². The van der Waals surface area contributed by atoms with E-state index in [0.717, 1.165) is 34.7 Å². The van der Waals surface area contributed by atoms with Gasteiger partial charge in [0.2, 0.25) is 0 Å². The summed E-state index contributed by atoms with van der Waals surface area (Å²) in [4.78, 5) is 16.5. The first-order chi connectivity index (χ1) is 15.1. The maximum Gasteiger partial charge on any atom is 0.185 e. The normalized spacial score (nSPS) is 10.9. The van der Waals surface area contributed by atoms with E-state index in [0.29, 0.717) is 18.0 Å². The largest absolute Gasteiger partial charge is 0.355 e. The number of hydrogen-bond donors (Lipinski definition) is 1. The van der Waals surface area contributed by atoms with Crippen molar-refractivity contribution in [2.75, 3.05) is 5.32 Å². The summed E-state index contributed by atoms with van der Waals surface area (Å²) >= 11 is 0. The van der Waals surface area contributed by atoms with Gasteiger partial charge in [0, 0.05) is 24.0 Å². The summed E-state index contributed by atoms with van der Waals surface area (Å²) in [5.74, 6) is 0.555. The van der Waals surface area contributed by atoms with Crippen molar-refractivity contribution < 1.29 is 4.79 Å². The molecule has 4 aromatic rings. The number of anilines is 2. The van der Waals surface area contributed by atoms with Crippen LogP contribution in [0.25, 0.3) is 5.69 Å². The number of pyridine rings is 1. The summed E-state index contributed by atoms with van der Waals surface area (Å²) < 4.78 is 1.80. The molecular formula is C25H25N5O. The van der Waals surface area contributed by atoms with Gasteiger partial charge in [0.15, 0.2) is 5.78 Å². The van der Waals surface area contributed by atoms with E-state index in [1.54, 1.807) is 23.0 Å². The van der Waals surface area contributed by atoms with Crippen molar-refractivity contribution in [2.24, 2.45) is 5.92 Å². The third kappa shape index (κ3) is 5.42. The second-order valence-electron chi connectivity index (χ2n) is 7.94. The molecule has 0 aliphatic heterocycles. The molecule has 2 heterocycles. The molecule has 2 aromatic heterocycles. The zero-order chi connectivity index (χ0) is 21.6. The van der Waals surface area contributed by atoms with Gasteiger partial charge in [-0.2, -0.15) is 0 Å². The minimum atomic E-state index is 0.0127. The molecule has 0 aliphatic rings. The van der Waals surface area contributed by atoms with E-state index in [1.807, 2.05) is 60.8 Å². The molecule has 0 saturated heterocycles. The molecule has 0 fully saturated rings. The van der Waals surface area contributed by atoms with E-state index in [2.05, 4.69) is 34.5 Å². The highest BCUT2D eigenvalue weighted by Crippen LogP contribution is 2.20. The highest BCUT2D eigenvalue weighted by Gasteiger charge is 2.08. The molecule has 0 bridgehead atoms. The fourth-order valence-corrected chi connectivity index (χ4v) is 3.34. The van der Waals surface area contributed by atoms with Gasteiger partial charge in [0.1, 0.15) is 5.69 Å². The maximum atomic E-state index is 12.3. The Balaban J connectivity index is 1.42. The third-order valence-corrected chi connectivity index (χ3v) is 4.83.